The van der Waals surface area contributed by atoms with Crippen LogP contribution in [-0.2, 0) is 11.3 Å². The lowest BCUT2D eigenvalue weighted by molar-refractivity contribution is -0.143. The van der Waals surface area contributed by atoms with E-state index in [9.17, 15) is 9.90 Å². The maximum atomic E-state index is 11.2. The molecule has 1 fully saturated rings. The van der Waals surface area contributed by atoms with E-state index in [1.165, 1.54) is 7.11 Å². The van der Waals surface area contributed by atoms with Crippen molar-refractivity contribution in [1.82, 2.24) is 15.1 Å². The van der Waals surface area contributed by atoms with Crippen LogP contribution in [0.2, 0.25) is 0 Å². The molecule has 1 saturated heterocycles. The van der Waals surface area contributed by atoms with Gasteiger partial charge in [0.15, 0.2) is 0 Å². The first-order chi connectivity index (χ1) is 8.61. The number of hydrogen-bond donors (Lipinski definition) is 1. The summed E-state index contributed by atoms with van der Waals surface area (Å²) in [4.78, 5) is 13.1. The van der Waals surface area contributed by atoms with Crippen molar-refractivity contribution in [1.29, 1.82) is 0 Å². The number of aromatic nitrogens is 2. The minimum atomic E-state index is -0.763. The highest BCUT2D eigenvalue weighted by Crippen LogP contribution is 2.25. The molecule has 6 nitrogen and oxygen atoms in total. The number of carboxylic acid groups (broad SMARTS) is 1. The van der Waals surface area contributed by atoms with Crippen molar-refractivity contribution < 1.29 is 14.6 Å². The van der Waals surface area contributed by atoms with Crippen LogP contribution in [0.15, 0.2) is 12.1 Å². The number of likely N-dealkylation sites (tertiary alicyclic amines) is 1. The maximum absolute atomic E-state index is 11.2. The van der Waals surface area contributed by atoms with Gasteiger partial charge in [-0.1, -0.05) is 6.92 Å². The Kier molecular flexibility index (Phi) is 3.76. The Labute approximate surface area is 106 Å². The minimum Gasteiger partial charge on any atom is -0.480 e. The number of carbonyl (C=O) groups is 1. The Hall–Kier alpha value is -1.69. The Morgan fingerprint density at radius 2 is 2.33 bits per heavy atom. The summed E-state index contributed by atoms with van der Waals surface area (Å²) in [5.41, 5.74) is 0.760. The molecular weight excluding hydrogens is 234 g/mol. The van der Waals surface area contributed by atoms with Crippen molar-refractivity contribution in [3.05, 3.63) is 17.8 Å². The molecule has 1 aliphatic rings. The summed E-state index contributed by atoms with van der Waals surface area (Å²) >= 11 is 0. The van der Waals surface area contributed by atoms with Gasteiger partial charge in [0.25, 0.3) is 0 Å². The predicted octanol–water partition coefficient (Wildman–Crippen LogP) is 0.780. The number of nitrogens with zero attached hydrogens (tertiary/aromatic N) is 3. The van der Waals surface area contributed by atoms with E-state index in [-0.39, 0.29) is 5.92 Å². The smallest absolute Gasteiger partial charge is 0.321 e. The minimum absolute atomic E-state index is 0.175. The van der Waals surface area contributed by atoms with Crippen LogP contribution < -0.4 is 4.74 Å². The van der Waals surface area contributed by atoms with Crippen molar-refractivity contribution in [2.75, 3.05) is 13.7 Å². The Bertz CT molecular complexity index is 421. The number of hydrogen-bond acceptors (Lipinski definition) is 5. The van der Waals surface area contributed by atoms with Gasteiger partial charge >= 0.3 is 5.97 Å². The summed E-state index contributed by atoms with van der Waals surface area (Å²) in [5, 5.41) is 17.1. The largest absolute Gasteiger partial charge is 0.480 e. The lowest BCUT2D eigenvalue weighted by Gasteiger charge is -2.22. The fourth-order valence-corrected chi connectivity index (χ4v) is 2.35. The molecule has 2 rings (SSSR count). The number of methoxy groups -OCH3 is 1. The molecule has 0 radical (unpaired) electrons. The Balaban J connectivity index is 2.06. The summed E-state index contributed by atoms with van der Waals surface area (Å²) in [6, 6.07) is 3.12. The average Bonchev–Trinajstić information content (AvgIpc) is 2.71. The van der Waals surface area contributed by atoms with E-state index in [1.54, 1.807) is 6.07 Å². The Morgan fingerprint density at radius 3 is 2.89 bits per heavy atom. The molecule has 98 valence electrons. The van der Waals surface area contributed by atoms with Crippen molar-refractivity contribution in [2.45, 2.75) is 25.9 Å². The first-order valence-electron chi connectivity index (χ1n) is 5.95. The lowest BCUT2D eigenvalue weighted by Crippen LogP contribution is -2.38. The maximum Gasteiger partial charge on any atom is 0.321 e. The van der Waals surface area contributed by atoms with Gasteiger partial charge in [-0.15, -0.1) is 5.10 Å². The molecule has 1 aromatic rings. The molecule has 6 heteroatoms. The van der Waals surface area contributed by atoms with Gasteiger partial charge in [-0.25, -0.2) is 0 Å². The fourth-order valence-electron chi connectivity index (χ4n) is 2.35. The number of rotatable bonds is 4. The van der Waals surface area contributed by atoms with E-state index in [0.717, 1.165) is 18.7 Å². The standard InChI is InChI=1S/C12H17N3O3/c1-8-5-6-15(11(8)12(16)17)7-9-3-4-10(18-2)14-13-9/h3-4,8,11H,5-7H2,1-2H3,(H,16,17). The third-order valence-electron chi connectivity index (χ3n) is 3.33. The summed E-state index contributed by atoms with van der Waals surface area (Å²) in [6.45, 7) is 3.27. The highest BCUT2D eigenvalue weighted by atomic mass is 16.5. The normalized spacial score (nSPS) is 24.1. The second-order valence-electron chi connectivity index (χ2n) is 4.59. The summed E-state index contributed by atoms with van der Waals surface area (Å²) in [5.74, 6) is -0.126. The molecule has 2 unspecified atom stereocenters. The average molecular weight is 251 g/mol. The number of aliphatic carboxylic acids is 1. The van der Waals surface area contributed by atoms with E-state index >= 15 is 0 Å². The van der Waals surface area contributed by atoms with Gasteiger partial charge < -0.3 is 9.84 Å². The molecule has 0 aromatic carbocycles. The second kappa shape index (κ2) is 5.30. The second-order valence-corrected chi connectivity index (χ2v) is 4.59. The quantitative estimate of drug-likeness (QED) is 0.852. The molecule has 0 saturated carbocycles. The first-order valence-corrected chi connectivity index (χ1v) is 5.95. The van der Waals surface area contributed by atoms with E-state index in [2.05, 4.69) is 10.2 Å². The lowest BCUT2D eigenvalue weighted by atomic mass is 10.0. The SMILES string of the molecule is COc1ccc(CN2CCC(C)C2C(=O)O)nn1. The van der Waals surface area contributed by atoms with Gasteiger partial charge in [0.05, 0.1) is 12.8 Å². The van der Waals surface area contributed by atoms with Crippen LogP contribution in [0.25, 0.3) is 0 Å². The van der Waals surface area contributed by atoms with Crippen LogP contribution in [0, 0.1) is 5.92 Å². The molecular formula is C12H17N3O3. The molecule has 2 atom stereocenters. The highest BCUT2D eigenvalue weighted by Gasteiger charge is 2.36. The van der Waals surface area contributed by atoms with Crippen LogP contribution in [0.1, 0.15) is 19.0 Å². The van der Waals surface area contributed by atoms with Crippen molar-refractivity contribution in [3.8, 4) is 5.88 Å². The molecule has 0 bridgehead atoms. The van der Waals surface area contributed by atoms with E-state index in [4.69, 9.17) is 4.74 Å². The zero-order valence-corrected chi connectivity index (χ0v) is 10.5. The van der Waals surface area contributed by atoms with Gasteiger partial charge in [0, 0.05) is 12.6 Å². The van der Waals surface area contributed by atoms with Gasteiger partial charge in [-0.05, 0) is 24.9 Å². The zero-order valence-electron chi connectivity index (χ0n) is 10.5. The summed E-state index contributed by atoms with van der Waals surface area (Å²) in [6.07, 6.45) is 0.903. The van der Waals surface area contributed by atoms with E-state index in [1.807, 2.05) is 17.9 Å². The van der Waals surface area contributed by atoms with Crippen LogP contribution in [-0.4, -0.2) is 45.9 Å². The molecule has 0 spiro atoms. The third-order valence-corrected chi connectivity index (χ3v) is 3.33. The van der Waals surface area contributed by atoms with Gasteiger partial charge in [-0.3, -0.25) is 9.69 Å². The van der Waals surface area contributed by atoms with Crippen LogP contribution in [0.4, 0.5) is 0 Å². The highest BCUT2D eigenvalue weighted by molar-refractivity contribution is 5.74. The third kappa shape index (κ3) is 2.59. The van der Waals surface area contributed by atoms with E-state index in [0.29, 0.717) is 12.4 Å². The van der Waals surface area contributed by atoms with E-state index < -0.39 is 12.0 Å². The van der Waals surface area contributed by atoms with Crippen molar-refractivity contribution in [3.63, 3.8) is 0 Å². The van der Waals surface area contributed by atoms with Crippen molar-refractivity contribution in [2.24, 2.45) is 5.92 Å². The molecule has 1 aromatic heterocycles. The molecule has 2 heterocycles. The zero-order chi connectivity index (χ0) is 13.1. The van der Waals surface area contributed by atoms with Crippen LogP contribution in [0.5, 0.6) is 5.88 Å². The molecule has 0 aliphatic carbocycles. The molecule has 0 amide bonds. The summed E-state index contributed by atoms with van der Waals surface area (Å²) in [7, 11) is 1.53. The number of carboxylic acids is 1. The van der Waals surface area contributed by atoms with Gasteiger partial charge in [-0.2, -0.15) is 5.10 Å². The van der Waals surface area contributed by atoms with Crippen molar-refractivity contribution >= 4 is 5.97 Å². The topological polar surface area (TPSA) is 75.5 Å². The number of ether oxygens (including phenoxy) is 1. The monoisotopic (exact) mass is 251 g/mol. The molecule has 18 heavy (non-hydrogen) atoms. The summed E-state index contributed by atoms with van der Waals surface area (Å²) < 4.78 is 4.93. The van der Waals surface area contributed by atoms with Gasteiger partial charge in [0.1, 0.15) is 6.04 Å². The van der Waals surface area contributed by atoms with Crippen LogP contribution in [0.3, 0.4) is 0 Å². The molecule has 1 aliphatic heterocycles. The van der Waals surface area contributed by atoms with Gasteiger partial charge in [0.2, 0.25) is 5.88 Å². The van der Waals surface area contributed by atoms with Crippen LogP contribution >= 0.6 is 0 Å². The molecule has 1 N–H and O–H groups in total. The Morgan fingerprint density at radius 1 is 1.56 bits per heavy atom. The fraction of sp³-hybridized carbons (Fsp3) is 0.583. The first kappa shape index (κ1) is 12.8. The predicted molar refractivity (Wildman–Crippen MR) is 64.2 cm³/mol.